The van der Waals surface area contributed by atoms with E-state index < -0.39 is 0 Å². The Morgan fingerprint density at radius 1 is 1.20 bits per heavy atom. The highest BCUT2D eigenvalue weighted by Crippen LogP contribution is 2.18. The van der Waals surface area contributed by atoms with Crippen LogP contribution in [0.25, 0.3) is 0 Å². The van der Waals surface area contributed by atoms with Gasteiger partial charge < -0.3 is 20.1 Å². The fourth-order valence-electron chi connectivity index (χ4n) is 4.20. The molecule has 2 heterocycles. The number of ether oxygens (including phenoxy) is 2. The standard InChI is InChI=1S/C24H40N4O2/c1-20-5-3-12-28(16-20)17-22-8-6-21(7-9-22)15-27-24(25-2)26-11-4-13-29-18-23-10-14-30-19-23/h6-9,20,23H,3-5,10-19H2,1-2H3,(H2,25,26,27). The first kappa shape index (κ1) is 23.0. The zero-order valence-electron chi connectivity index (χ0n) is 18.9. The number of likely N-dealkylation sites (tertiary alicyclic amines) is 1. The van der Waals surface area contributed by atoms with Gasteiger partial charge in [-0.2, -0.15) is 0 Å². The van der Waals surface area contributed by atoms with E-state index in [1.54, 1.807) is 0 Å². The highest BCUT2D eigenvalue weighted by molar-refractivity contribution is 5.79. The smallest absolute Gasteiger partial charge is 0.191 e. The van der Waals surface area contributed by atoms with E-state index >= 15 is 0 Å². The molecule has 2 unspecified atom stereocenters. The Balaban J connectivity index is 1.28. The minimum atomic E-state index is 0.585. The number of hydrogen-bond donors (Lipinski definition) is 2. The maximum absolute atomic E-state index is 5.75. The molecule has 2 fully saturated rings. The Labute approximate surface area is 182 Å². The van der Waals surface area contributed by atoms with Gasteiger partial charge in [0.25, 0.3) is 0 Å². The number of benzene rings is 1. The van der Waals surface area contributed by atoms with E-state index in [2.05, 4.69) is 51.7 Å². The van der Waals surface area contributed by atoms with Gasteiger partial charge in [-0.15, -0.1) is 0 Å². The van der Waals surface area contributed by atoms with Crippen LogP contribution in [-0.2, 0) is 22.6 Å². The molecule has 0 aromatic heterocycles. The van der Waals surface area contributed by atoms with Gasteiger partial charge >= 0.3 is 0 Å². The lowest BCUT2D eigenvalue weighted by Crippen LogP contribution is -2.37. The third-order valence-corrected chi connectivity index (χ3v) is 5.99. The maximum Gasteiger partial charge on any atom is 0.191 e. The fraction of sp³-hybridized carbons (Fsp3) is 0.708. The molecule has 1 aromatic rings. The summed E-state index contributed by atoms with van der Waals surface area (Å²) in [5, 5.41) is 6.76. The van der Waals surface area contributed by atoms with Crippen LogP contribution in [0.2, 0.25) is 0 Å². The summed E-state index contributed by atoms with van der Waals surface area (Å²) in [4.78, 5) is 6.90. The highest BCUT2D eigenvalue weighted by atomic mass is 16.5. The molecule has 0 radical (unpaired) electrons. The minimum Gasteiger partial charge on any atom is -0.381 e. The monoisotopic (exact) mass is 416 g/mol. The number of aliphatic imine (C=N–C) groups is 1. The van der Waals surface area contributed by atoms with Crippen LogP contribution in [0, 0.1) is 11.8 Å². The van der Waals surface area contributed by atoms with Crippen molar-refractivity contribution < 1.29 is 9.47 Å². The molecule has 2 aliphatic heterocycles. The minimum absolute atomic E-state index is 0.585. The first-order valence-electron chi connectivity index (χ1n) is 11.6. The number of nitrogens with one attached hydrogen (secondary N) is 2. The van der Waals surface area contributed by atoms with Gasteiger partial charge in [-0.3, -0.25) is 9.89 Å². The summed E-state index contributed by atoms with van der Waals surface area (Å²) in [6, 6.07) is 8.98. The molecule has 1 aromatic carbocycles. The van der Waals surface area contributed by atoms with Crippen LogP contribution >= 0.6 is 0 Å². The van der Waals surface area contributed by atoms with Gasteiger partial charge in [0.2, 0.25) is 0 Å². The summed E-state index contributed by atoms with van der Waals surface area (Å²) in [7, 11) is 1.81. The molecule has 6 nitrogen and oxygen atoms in total. The SMILES string of the molecule is CN=C(NCCCOCC1CCOC1)NCc1ccc(CN2CCCC(C)C2)cc1. The van der Waals surface area contributed by atoms with E-state index in [0.29, 0.717) is 5.92 Å². The van der Waals surface area contributed by atoms with Crippen molar-refractivity contribution in [1.82, 2.24) is 15.5 Å². The van der Waals surface area contributed by atoms with Crippen molar-refractivity contribution in [3.05, 3.63) is 35.4 Å². The summed E-state index contributed by atoms with van der Waals surface area (Å²) < 4.78 is 11.1. The zero-order valence-corrected chi connectivity index (χ0v) is 18.9. The predicted octanol–water partition coefficient (Wildman–Crippen LogP) is 3.03. The van der Waals surface area contributed by atoms with Gasteiger partial charge in [0, 0.05) is 52.4 Å². The third kappa shape index (κ3) is 8.25. The second-order valence-corrected chi connectivity index (χ2v) is 8.81. The summed E-state index contributed by atoms with van der Waals surface area (Å²) in [6.07, 6.45) is 4.81. The summed E-state index contributed by atoms with van der Waals surface area (Å²) >= 11 is 0. The van der Waals surface area contributed by atoms with Crippen LogP contribution in [0.5, 0.6) is 0 Å². The normalized spacial score (nSPS) is 22.9. The number of nitrogens with zero attached hydrogens (tertiary/aromatic N) is 2. The fourth-order valence-corrected chi connectivity index (χ4v) is 4.20. The molecule has 2 N–H and O–H groups in total. The van der Waals surface area contributed by atoms with Crippen LogP contribution in [0.3, 0.4) is 0 Å². The number of guanidine groups is 1. The number of hydrogen-bond acceptors (Lipinski definition) is 4. The highest BCUT2D eigenvalue weighted by Gasteiger charge is 2.16. The second kappa shape index (κ2) is 12.9. The Hall–Kier alpha value is -1.63. The Bertz CT molecular complexity index is 629. The predicted molar refractivity (Wildman–Crippen MR) is 123 cm³/mol. The van der Waals surface area contributed by atoms with Crippen molar-refractivity contribution in [3.8, 4) is 0 Å². The molecular weight excluding hydrogens is 376 g/mol. The molecule has 0 amide bonds. The van der Waals surface area contributed by atoms with E-state index in [1.165, 1.54) is 37.1 Å². The number of rotatable bonds is 10. The van der Waals surface area contributed by atoms with Gasteiger partial charge in [-0.1, -0.05) is 31.2 Å². The van der Waals surface area contributed by atoms with Crippen molar-refractivity contribution in [2.75, 3.05) is 53.1 Å². The van der Waals surface area contributed by atoms with E-state index in [9.17, 15) is 0 Å². The molecule has 2 saturated heterocycles. The third-order valence-electron chi connectivity index (χ3n) is 5.99. The number of piperidine rings is 1. The second-order valence-electron chi connectivity index (χ2n) is 8.81. The van der Waals surface area contributed by atoms with E-state index in [-0.39, 0.29) is 0 Å². The summed E-state index contributed by atoms with van der Waals surface area (Å²) in [5.74, 6) is 2.25. The van der Waals surface area contributed by atoms with Gasteiger partial charge in [-0.25, -0.2) is 0 Å². The lowest BCUT2D eigenvalue weighted by Gasteiger charge is -2.30. The average Bonchev–Trinajstić information content (AvgIpc) is 3.27. The van der Waals surface area contributed by atoms with Gasteiger partial charge in [0.05, 0.1) is 13.2 Å². The molecule has 0 spiro atoms. The van der Waals surface area contributed by atoms with Crippen molar-refractivity contribution in [3.63, 3.8) is 0 Å². The van der Waals surface area contributed by atoms with Crippen molar-refractivity contribution in [1.29, 1.82) is 0 Å². The Morgan fingerprint density at radius 2 is 2.03 bits per heavy atom. The topological polar surface area (TPSA) is 58.1 Å². The molecule has 6 heteroatoms. The molecule has 0 bridgehead atoms. The molecular formula is C24H40N4O2. The van der Waals surface area contributed by atoms with Crippen molar-refractivity contribution in [2.24, 2.45) is 16.8 Å². The summed E-state index contributed by atoms with van der Waals surface area (Å²) in [5.41, 5.74) is 2.68. The zero-order chi connectivity index (χ0) is 21.0. The first-order valence-corrected chi connectivity index (χ1v) is 11.6. The maximum atomic E-state index is 5.75. The van der Waals surface area contributed by atoms with E-state index in [0.717, 1.165) is 70.8 Å². The quantitative estimate of drug-likeness (QED) is 0.349. The lowest BCUT2D eigenvalue weighted by molar-refractivity contribution is 0.0888. The Kier molecular flexibility index (Phi) is 9.93. The molecule has 3 rings (SSSR count). The largest absolute Gasteiger partial charge is 0.381 e. The molecule has 2 aliphatic rings. The van der Waals surface area contributed by atoms with Gasteiger partial charge in [0.15, 0.2) is 5.96 Å². The average molecular weight is 417 g/mol. The van der Waals surface area contributed by atoms with Crippen molar-refractivity contribution in [2.45, 2.75) is 45.7 Å². The van der Waals surface area contributed by atoms with Crippen LogP contribution in [0.15, 0.2) is 29.3 Å². The molecule has 168 valence electrons. The van der Waals surface area contributed by atoms with E-state index in [4.69, 9.17) is 9.47 Å². The molecule has 2 atom stereocenters. The van der Waals surface area contributed by atoms with Gasteiger partial charge in [-0.05, 0) is 49.3 Å². The van der Waals surface area contributed by atoms with E-state index in [1.807, 2.05) is 7.05 Å². The summed E-state index contributed by atoms with van der Waals surface area (Å²) in [6.45, 7) is 10.9. The molecule has 0 aliphatic carbocycles. The lowest BCUT2D eigenvalue weighted by atomic mass is 9.99. The van der Waals surface area contributed by atoms with Crippen LogP contribution < -0.4 is 10.6 Å². The van der Waals surface area contributed by atoms with Crippen LogP contribution in [0.4, 0.5) is 0 Å². The molecule has 30 heavy (non-hydrogen) atoms. The van der Waals surface area contributed by atoms with Gasteiger partial charge in [0.1, 0.15) is 0 Å². The van der Waals surface area contributed by atoms with Crippen LogP contribution in [-0.4, -0.2) is 64.0 Å². The van der Waals surface area contributed by atoms with Crippen LogP contribution in [0.1, 0.15) is 43.7 Å². The Morgan fingerprint density at radius 3 is 2.77 bits per heavy atom. The van der Waals surface area contributed by atoms with Crippen molar-refractivity contribution >= 4 is 5.96 Å². The first-order chi connectivity index (χ1) is 14.7. The molecule has 0 saturated carbocycles.